The predicted molar refractivity (Wildman–Crippen MR) is 59.6 cm³/mol. The highest BCUT2D eigenvalue weighted by Crippen LogP contribution is 2.25. The summed E-state index contributed by atoms with van der Waals surface area (Å²) < 4.78 is 43.9. The summed E-state index contributed by atoms with van der Waals surface area (Å²) in [7, 11) is 0. The van der Waals surface area contributed by atoms with Gasteiger partial charge in [0.25, 0.3) is 0 Å². The Bertz CT molecular complexity index is 464. The number of piperidine rings is 1. The van der Waals surface area contributed by atoms with Gasteiger partial charge in [-0.2, -0.15) is 0 Å². The summed E-state index contributed by atoms with van der Waals surface area (Å²) in [6.07, 6.45) is 0.541. The maximum atomic E-state index is 13.3. The maximum Gasteiger partial charge on any atom is 0.314 e. The molecule has 4 nitrogen and oxygen atoms in total. The SMILES string of the molecule is O=C(Oc1c(F)cc(F)cc1F)C1CCN([O-])CC1. The minimum Gasteiger partial charge on any atom is -0.785 e. The van der Waals surface area contributed by atoms with Crippen LogP contribution in [0.3, 0.4) is 0 Å². The van der Waals surface area contributed by atoms with E-state index in [9.17, 15) is 23.2 Å². The topological polar surface area (TPSA) is 52.6 Å². The molecule has 19 heavy (non-hydrogen) atoms. The lowest BCUT2D eigenvalue weighted by molar-refractivity contribution is -0.140. The van der Waals surface area contributed by atoms with Crippen molar-refractivity contribution in [2.45, 2.75) is 12.8 Å². The molecule has 0 saturated carbocycles. The van der Waals surface area contributed by atoms with Gasteiger partial charge in [-0.3, -0.25) is 4.79 Å². The Morgan fingerprint density at radius 1 is 1.21 bits per heavy atom. The van der Waals surface area contributed by atoms with Gasteiger partial charge in [0, 0.05) is 12.1 Å². The summed E-state index contributed by atoms with van der Waals surface area (Å²) in [5.74, 6) is -5.92. The van der Waals surface area contributed by atoms with Crippen molar-refractivity contribution >= 4 is 5.97 Å². The summed E-state index contributed by atoms with van der Waals surface area (Å²) in [6.45, 7) is 0.350. The molecule has 0 unspecified atom stereocenters. The van der Waals surface area contributed by atoms with Crippen LogP contribution in [0.5, 0.6) is 5.75 Å². The van der Waals surface area contributed by atoms with Crippen molar-refractivity contribution in [2.75, 3.05) is 13.1 Å². The molecule has 1 fully saturated rings. The molecule has 1 aliphatic rings. The van der Waals surface area contributed by atoms with E-state index in [1.165, 1.54) is 0 Å². The summed E-state index contributed by atoms with van der Waals surface area (Å²) in [5, 5.41) is 11.7. The molecule has 104 valence electrons. The Morgan fingerprint density at radius 3 is 2.26 bits per heavy atom. The van der Waals surface area contributed by atoms with E-state index in [4.69, 9.17) is 0 Å². The van der Waals surface area contributed by atoms with E-state index in [0.717, 1.165) is 5.06 Å². The van der Waals surface area contributed by atoms with Crippen molar-refractivity contribution in [2.24, 2.45) is 5.92 Å². The number of esters is 1. The second kappa shape index (κ2) is 5.58. The minimum atomic E-state index is -1.27. The quantitative estimate of drug-likeness (QED) is 0.613. The third-order valence-electron chi connectivity index (χ3n) is 2.95. The summed E-state index contributed by atoms with van der Waals surface area (Å²) in [5.41, 5.74) is 0. The van der Waals surface area contributed by atoms with E-state index in [-0.39, 0.29) is 25.9 Å². The lowest BCUT2D eigenvalue weighted by atomic mass is 9.98. The molecule has 0 spiro atoms. The number of carbonyl (C=O) groups is 1. The predicted octanol–water partition coefficient (Wildman–Crippen LogP) is 2.22. The van der Waals surface area contributed by atoms with Crippen molar-refractivity contribution in [1.82, 2.24) is 5.06 Å². The second-order valence-corrected chi connectivity index (χ2v) is 4.32. The van der Waals surface area contributed by atoms with Gasteiger partial charge in [0.15, 0.2) is 11.6 Å². The summed E-state index contributed by atoms with van der Waals surface area (Å²) in [4.78, 5) is 11.7. The first-order chi connectivity index (χ1) is 8.97. The van der Waals surface area contributed by atoms with Crippen molar-refractivity contribution in [3.63, 3.8) is 0 Å². The van der Waals surface area contributed by atoms with Crippen LogP contribution in [0.2, 0.25) is 0 Å². The number of halogens is 3. The van der Waals surface area contributed by atoms with Gasteiger partial charge >= 0.3 is 5.97 Å². The normalized spacial score (nSPS) is 17.5. The number of hydrogen-bond acceptors (Lipinski definition) is 4. The molecule has 1 aromatic rings. The summed E-state index contributed by atoms with van der Waals surface area (Å²) in [6, 6.07) is 0.873. The number of carbonyl (C=O) groups excluding carboxylic acids is 1. The van der Waals surface area contributed by atoms with Crippen LogP contribution >= 0.6 is 0 Å². The first kappa shape index (κ1) is 13.8. The van der Waals surface area contributed by atoms with Gasteiger partial charge < -0.3 is 15.0 Å². The van der Waals surface area contributed by atoms with E-state index >= 15 is 0 Å². The lowest BCUT2D eigenvalue weighted by Crippen LogP contribution is -2.34. The fraction of sp³-hybridized carbons (Fsp3) is 0.417. The molecule has 1 saturated heterocycles. The smallest absolute Gasteiger partial charge is 0.314 e. The van der Waals surface area contributed by atoms with Crippen molar-refractivity contribution < 1.29 is 22.7 Å². The van der Waals surface area contributed by atoms with Crippen molar-refractivity contribution in [3.05, 3.63) is 34.8 Å². The molecular weight excluding hydrogens is 263 g/mol. The largest absolute Gasteiger partial charge is 0.785 e. The molecule has 0 N–H and O–H groups in total. The van der Waals surface area contributed by atoms with Crippen LogP contribution in [-0.4, -0.2) is 24.1 Å². The summed E-state index contributed by atoms with van der Waals surface area (Å²) >= 11 is 0. The molecule has 0 aliphatic carbocycles. The Balaban J connectivity index is 2.07. The van der Waals surface area contributed by atoms with Crippen LogP contribution in [-0.2, 0) is 4.79 Å². The molecule has 0 atom stereocenters. The molecular formula is C12H11F3NO3-. The maximum absolute atomic E-state index is 13.3. The Morgan fingerprint density at radius 2 is 1.74 bits per heavy atom. The van der Waals surface area contributed by atoms with E-state index in [2.05, 4.69) is 4.74 Å². The van der Waals surface area contributed by atoms with Crippen molar-refractivity contribution in [3.8, 4) is 5.75 Å². The Kier molecular flexibility index (Phi) is 4.06. The zero-order valence-electron chi connectivity index (χ0n) is 9.87. The molecule has 1 aromatic carbocycles. The molecule has 0 amide bonds. The third-order valence-corrected chi connectivity index (χ3v) is 2.95. The number of nitrogens with zero attached hydrogens (tertiary/aromatic N) is 1. The third kappa shape index (κ3) is 3.24. The highest BCUT2D eigenvalue weighted by Gasteiger charge is 2.26. The molecule has 0 radical (unpaired) electrons. The number of hydrogen-bond donors (Lipinski definition) is 0. The molecule has 7 heteroatoms. The number of hydroxylamine groups is 2. The zero-order chi connectivity index (χ0) is 14.0. The average molecular weight is 274 g/mol. The van der Waals surface area contributed by atoms with Crippen molar-refractivity contribution in [1.29, 1.82) is 0 Å². The molecule has 1 heterocycles. The standard InChI is InChI=1S/C12H11F3NO3/c13-8-5-9(14)11(10(15)6-8)19-12(17)7-1-3-16(18)4-2-7/h5-7H,1-4H2/q-1. The van der Waals surface area contributed by atoms with Crippen LogP contribution in [0.1, 0.15) is 12.8 Å². The second-order valence-electron chi connectivity index (χ2n) is 4.32. The Hall–Kier alpha value is -1.60. The van der Waals surface area contributed by atoms with Crippen LogP contribution in [0.25, 0.3) is 0 Å². The van der Waals surface area contributed by atoms with Gasteiger partial charge in [-0.15, -0.1) is 0 Å². The van der Waals surface area contributed by atoms with Gasteiger partial charge in [0.1, 0.15) is 5.82 Å². The van der Waals surface area contributed by atoms with E-state index in [1.807, 2.05) is 0 Å². The van der Waals surface area contributed by atoms with Gasteiger partial charge in [-0.25, -0.2) is 13.2 Å². The average Bonchev–Trinajstić information content (AvgIpc) is 2.34. The number of rotatable bonds is 2. The van der Waals surface area contributed by atoms with Gasteiger partial charge in [0.05, 0.1) is 5.92 Å². The molecule has 2 rings (SSSR count). The van der Waals surface area contributed by atoms with Crippen LogP contribution in [0, 0.1) is 28.6 Å². The van der Waals surface area contributed by atoms with Crippen LogP contribution in [0.15, 0.2) is 12.1 Å². The van der Waals surface area contributed by atoms with Crippen LogP contribution in [0.4, 0.5) is 13.2 Å². The van der Waals surface area contributed by atoms with E-state index in [1.54, 1.807) is 0 Å². The van der Waals surface area contributed by atoms with Gasteiger partial charge in [-0.1, -0.05) is 0 Å². The van der Waals surface area contributed by atoms with Gasteiger partial charge in [-0.05, 0) is 25.9 Å². The van der Waals surface area contributed by atoms with E-state index < -0.39 is 35.1 Å². The lowest BCUT2D eigenvalue weighted by Gasteiger charge is -2.35. The highest BCUT2D eigenvalue weighted by atomic mass is 19.1. The zero-order valence-corrected chi connectivity index (χ0v) is 9.87. The molecule has 0 bridgehead atoms. The van der Waals surface area contributed by atoms with Gasteiger partial charge in [0.2, 0.25) is 5.75 Å². The number of ether oxygens (including phenoxy) is 1. The fourth-order valence-electron chi connectivity index (χ4n) is 1.90. The van der Waals surface area contributed by atoms with E-state index in [0.29, 0.717) is 12.1 Å². The monoisotopic (exact) mass is 274 g/mol. The fourth-order valence-corrected chi connectivity index (χ4v) is 1.90. The first-order valence-electron chi connectivity index (χ1n) is 5.75. The Labute approximate surface area is 107 Å². The molecule has 0 aromatic heterocycles. The minimum absolute atomic E-state index is 0.175. The number of benzene rings is 1. The first-order valence-corrected chi connectivity index (χ1v) is 5.75. The van der Waals surface area contributed by atoms with Crippen LogP contribution < -0.4 is 4.74 Å². The molecule has 1 aliphatic heterocycles. The highest BCUT2D eigenvalue weighted by molar-refractivity contribution is 5.75.